The fourth-order valence-electron chi connectivity index (χ4n) is 2.29. The number of hydrogen-bond acceptors (Lipinski definition) is 4. The summed E-state index contributed by atoms with van der Waals surface area (Å²) in [7, 11) is -3.94. The van der Waals surface area contributed by atoms with Gasteiger partial charge in [0.2, 0.25) is 10.0 Å². The van der Waals surface area contributed by atoms with Gasteiger partial charge in [0, 0.05) is 11.9 Å². The third-order valence-electron chi connectivity index (χ3n) is 3.58. The van der Waals surface area contributed by atoms with Crippen molar-refractivity contribution in [3.8, 4) is 11.5 Å². The highest BCUT2D eigenvalue weighted by Gasteiger charge is 2.21. The molecule has 0 saturated carbocycles. The van der Waals surface area contributed by atoms with E-state index in [2.05, 4.69) is 35.1 Å². The number of halogens is 2. The van der Waals surface area contributed by atoms with Crippen molar-refractivity contribution >= 4 is 48.6 Å². The molecule has 2 aromatic carbocycles. The van der Waals surface area contributed by atoms with Crippen molar-refractivity contribution in [2.24, 2.45) is 11.1 Å². The molecule has 0 amide bonds. The van der Waals surface area contributed by atoms with Crippen LogP contribution in [-0.2, 0) is 15.4 Å². The van der Waals surface area contributed by atoms with Gasteiger partial charge in [-0.2, -0.15) is 0 Å². The van der Waals surface area contributed by atoms with Crippen LogP contribution in [0.1, 0.15) is 25.8 Å². The van der Waals surface area contributed by atoms with Crippen LogP contribution in [0.2, 0.25) is 0 Å². The van der Waals surface area contributed by atoms with Gasteiger partial charge in [-0.15, -0.1) is 17.0 Å². The van der Waals surface area contributed by atoms with Gasteiger partial charge in [-0.1, -0.05) is 48.0 Å². The number of hydrogen-bond donors (Lipinski definition) is 2. The van der Waals surface area contributed by atoms with E-state index in [0.717, 1.165) is 12.0 Å². The van der Waals surface area contributed by atoms with E-state index in [9.17, 15) is 8.42 Å². The molecule has 8 heteroatoms. The molecule has 3 N–H and O–H groups in total. The second-order valence-electron chi connectivity index (χ2n) is 6.17. The van der Waals surface area contributed by atoms with Crippen molar-refractivity contribution in [2.75, 3.05) is 11.9 Å². The number of rotatable bonds is 8. The Bertz CT molecular complexity index is 813. The van der Waals surface area contributed by atoms with Crippen LogP contribution in [-0.4, -0.2) is 15.0 Å². The summed E-state index contributed by atoms with van der Waals surface area (Å²) >= 11 is 3.37. The number of benzene rings is 2. The zero-order chi connectivity index (χ0) is 18.4. The lowest BCUT2D eigenvalue weighted by Crippen LogP contribution is -2.15. The molecule has 5 nitrogen and oxygen atoms in total. The van der Waals surface area contributed by atoms with E-state index in [1.54, 1.807) is 12.1 Å². The number of nitrogens with two attached hydrogens (primary N) is 1. The molecule has 2 rings (SSSR count). The summed E-state index contributed by atoms with van der Waals surface area (Å²) in [6.45, 7) is 4.97. The molecule has 0 saturated heterocycles. The minimum absolute atomic E-state index is 0. The topological polar surface area (TPSA) is 81.4 Å². The fourth-order valence-corrected chi connectivity index (χ4v) is 3.34. The quantitative estimate of drug-likeness (QED) is 0.489. The zero-order valence-electron chi connectivity index (χ0n) is 14.7. The largest absolute Gasteiger partial charge is 0.454 e. The van der Waals surface area contributed by atoms with Crippen LogP contribution in [0, 0.1) is 5.92 Å². The Morgan fingerprint density at radius 1 is 1.19 bits per heavy atom. The minimum Gasteiger partial charge on any atom is -0.454 e. The average molecular weight is 508 g/mol. The van der Waals surface area contributed by atoms with E-state index in [0.29, 0.717) is 29.2 Å². The number of anilines is 1. The van der Waals surface area contributed by atoms with Crippen molar-refractivity contribution in [1.82, 2.24) is 0 Å². The molecule has 0 radical (unpaired) electrons. The molecule has 0 aliphatic carbocycles. The zero-order valence-corrected chi connectivity index (χ0v) is 18.9. The number of nitrogens with one attached hydrogen (secondary N) is 1. The van der Waals surface area contributed by atoms with Gasteiger partial charge in [0.15, 0.2) is 5.75 Å². The van der Waals surface area contributed by atoms with Gasteiger partial charge < -0.3 is 10.1 Å². The number of sulfonamides is 1. The Kier molecular flexibility index (Phi) is 9.09. The summed E-state index contributed by atoms with van der Waals surface area (Å²) in [6.07, 6.45) is 0.952. The summed E-state index contributed by atoms with van der Waals surface area (Å²) in [5, 5.41) is 9.23. The van der Waals surface area contributed by atoms with Crippen LogP contribution in [0.15, 0.2) is 47.4 Å². The maximum absolute atomic E-state index is 12.1. The molecule has 0 fully saturated rings. The molecular weight excluding hydrogens is 484 g/mol. The summed E-state index contributed by atoms with van der Waals surface area (Å²) < 4.78 is 30.1. The highest BCUT2D eigenvalue weighted by Crippen LogP contribution is 2.37. The number of ether oxygens (including phenoxy) is 1. The van der Waals surface area contributed by atoms with Gasteiger partial charge in [-0.25, -0.2) is 13.6 Å². The molecule has 0 unspecified atom stereocenters. The van der Waals surface area contributed by atoms with E-state index in [-0.39, 0.29) is 27.6 Å². The number of alkyl halides is 1. The summed E-state index contributed by atoms with van der Waals surface area (Å²) in [5.74, 6) is 1.30. The van der Waals surface area contributed by atoms with E-state index >= 15 is 0 Å². The average Bonchev–Trinajstić information content (AvgIpc) is 2.55. The van der Waals surface area contributed by atoms with Crippen molar-refractivity contribution in [3.63, 3.8) is 0 Å². The normalized spacial score (nSPS) is 11.1. The second kappa shape index (κ2) is 10.3. The van der Waals surface area contributed by atoms with Crippen LogP contribution in [0.3, 0.4) is 0 Å². The van der Waals surface area contributed by atoms with Gasteiger partial charge in [0.25, 0.3) is 0 Å². The third kappa shape index (κ3) is 6.57. The molecule has 0 bridgehead atoms. The first-order chi connectivity index (χ1) is 11.8. The minimum atomic E-state index is -3.94. The molecule has 144 valence electrons. The smallest absolute Gasteiger partial charge is 0.241 e. The van der Waals surface area contributed by atoms with Crippen molar-refractivity contribution < 1.29 is 13.2 Å². The van der Waals surface area contributed by atoms with E-state index in [1.165, 1.54) is 6.07 Å². The molecule has 0 aliphatic heterocycles. The summed E-state index contributed by atoms with van der Waals surface area (Å²) in [4.78, 5) is -0.0275. The van der Waals surface area contributed by atoms with Gasteiger partial charge in [-0.3, -0.25) is 0 Å². The van der Waals surface area contributed by atoms with Gasteiger partial charge >= 0.3 is 0 Å². The Labute approximate surface area is 174 Å². The second-order valence-corrected chi connectivity index (χ2v) is 8.26. The highest BCUT2D eigenvalue weighted by atomic mass is 79.9. The predicted octanol–water partition coefficient (Wildman–Crippen LogP) is 5.06. The lowest BCUT2D eigenvalue weighted by atomic mass is 10.1. The van der Waals surface area contributed by atoms with Crippen molar-refractivity contribution in [2.45, 2.75) is 30.5 Å². The first-order valence-electron chi connectivity index (χ1n) is 8.03. The van der Waals surface area contributed by atoms with Crippen molar-refractivity contribution in [3.05, 3.63) is 48.0 Å². The van der Waals surface area contributed by atoms with Gasteiger partial charge in [0.1, 0.15) is 10.6 Å². The maximum atomic E-state index is 12.1. The molecule has 0 heterocycles. The molecule has 2 aromatic rings. The van der Waals surface area contributed by atoms with Crippen LogP contribution < -0.4 is 15.2 Å². The van der Waals surface area contributed by atoms with Crippen LogP contribution in [0.4, 0.5) is 5.69 Å². The molecule has 0 aromatic heterocycles. The van der Waals surface area contributed by atoms with Crippen LogP contribution in [0.25, 0.3) is 0 Å². The highest BCUT2D eigenvalue weighted by molar-refractivity contribution is 9.08. The standard InChI is InChI=1S/C18H23BrN2O3S.BrH/c1-13(2)8-9-21-16-10-14(12-19)11-17(25(20,22)23)18(16)24-15-6-4-3-5-7-15;/h3-7,10-11,13,21H,8-9,12H2,1-2H3,(H2,20,22,23);1H. The summed E-state index contributed by atoms with van der Waals surface area (Å²) in [5.41, 5.74) is 1.42. The Balaban J connectivity index is 0.00000338. The monoisotopic (exact) mass is 506 g/mol. The molecule has 0 spiro atoms. The first-order valence-corrected chi connectivity index (χ1v) is 10.7. The number of primary sulfonamides is 1. The molecule has 0 aliphatic rings. The fraction of sp³-hybridized carbons (Fsp3) is 0.333. The lowest BCUT2D eigenvalue weighted by Gasteiger charge is -2.18. The summed E-state index contributed by atoms with van der Waals surface area (Å²) in [6, 6.07) is 12.5. The van der Waals surface area contributed by atoms with Gasteiger partial charge in [-0.05, 0) is 42.2 Å². The molecular formula is C18H24Br2N2O3S. The van der Waals surface area contributed by atoms with Gasteiger partial charge in [0.05, 0.1) is 5.69 Å². The Morgan fingerprint density at radius 3 is 2.38 bits per heavy atom. The van der Waals surface area contributed by atoms with E-state index < -0.39 is 10.0 Å². The lowest BCUT2D eigenvalue weighted by molar-refractivity contribution is 0.468. The number of para-hydroxylation sites is 1. The Hall–Kier alpha value is -1.09. The third-order valence-corrected chi connectivity index (χ3v) is 5.14. The van der Waals surface area contributed by atoms with E-state index in [1.807, 2.05) is 24.3 Å². The van der Waals surface area contributed by atoms with Crippen LogP contribution in [0.5, 0.6) is 11.5 Å². The van der Waals surface area contributed by atoms with E-state index in [4.69, 9.17) is 9.88 Å². The van der Waals surface area contributed by atoms with Crippen LogP contribution >= 0.6 is 32.9 Å². The molecule has 0 atom stereocenters. The SMILES string of the molecule is Br.CC(C)CCNc1cc(CBr)cc(S(N)(=O)=O)c1Oc1ccccc1. The van der Waals surface area contributed by atoms with Crippen molar-refractivity contribution in [1.29, 1.82) is 0 Å². The molecule has 26 heavy (non-hydrogen) atoms. The maximum Gasteiger partial charge on any atom is 0.241 e. The predicted molar refractivity (Wildman–Crippen MR) is 115 cm³/mol. The Morgan fingerprint density at radius 2 is 1.85 bits per heavy atom. The first kappa shape index (κ1) is 23.0.